The maximum Gasteiger partial charge on any atom is 0.316 e. The van der Waals surface area contributed by atoms with Crippen LogP contribution in [0.4, 0.5) is 0 Å². The Bertz CT molecular complexity index is 229. The Morgan fingerprint density at radius 3 is 2.24 bits per heavy atom. The van der Waals surface area contributed by atoms with Gasteiger partial charge in [-0.2, -0.15) is 0 Å². The van der Waals surface area contributed by atoms with Crippen molar-refractivity contribution in [3.05, 3.63) is 0 Å². The molecule has 0 aliphatic carbocycles. The molecule has 2 N–H and O–H groups in total. The van der Waals surface area contributed by atoms with E-state index in [0.717, 1.165) is 38.5 Å². The molecule has 0 aromatic carbocycles. The fraction of sp³-hybridized carbons (Fsp3) is 0.846. The van der Waals surface area contributed by atoms with Gasteiger partial charge in [0.1, 0.15) is 5.92 Å². The molecule has 0 radical (unpaired) electrons. The van der Waals surface area contributed by atoms with E-state index in [1.807, 2.05) is 6.92 Å². The zero-order valence-electron chi connectivity index (χ0n) is 11.0. The molecule has 0 aliphatic rings. The third-order valence-corrected chi connectivity index (χ3v) is 2.79. The van der Waals surface area contributed by atoms with Crippen LogP contribution in [0.25, 0.3) is 0 Å². The van der Waals surface area contributed by atoms with E-state index in [0.29, 0.717) is 13.0 Å². The first-order chi connectivity index (χ1) is 8.13. The first-order valence-corrected chi connectivity index (χ1v) is 6.64. The topological polar surface area (TPSA) is 66.4 Å². The normalized spacial score (nSPS) is 12.1. The van der Waals surface area contributed by atoms with Crippen LogP contribution in [0.2, 0.25) is 0 Å². The summed E-state index contributed by atoms with van der Waals surface area (Å²) in [5, 5.41) is 11.7. The molecule has 100 valence electrons. The van der Waals surface area contributed by atoms with Crippen LogP contribution < -0.4 is 5.32 Å². The molecule has 0 saturated carbocycles. The molecule has 0 saturated heterocycles. The van der Waals surface area contributed by atoms with Gasteiger partial charge < -0.3 is 10.4 Å². The highest BCUT2D eigenvalue weighted by molar-refractivity contribution is 5.96. The highest BCUT2D eigenvalue weighted by Gasteiger charge is 2.24. The largest absolute Gasteiger partial charge is 0.481 e. The lowest BCUT2D eigenvalue weighted by Gasteiger charge is -2.12. The lowest BCUT2D eigenvalue weighted by atomic mass is 10.00. The summed E-state index contributed by atoms with van der Waals surface area (Å²) in [5.74, 6) is -2.21. The molecule has 0 rings (SSSR count). The number of carbonyl (C=O) groups is 2. The van der Waals surface area contributed by atoms with Gasteiger partial charge in [0.2, 0.25) is 5.91 Å². The number of unbranched alkanes of at least 4 members (excludes halogenated alkanes) is 4. The number of carbonyl (C=O) groups excluding carboxylic acids is 1. The van der Waals surface area contributed by atoms with Gasteiger partial charge in [0.05, 0.1) is 0 Å². The second kappa shape index (κ2) is 10.1. The summed E-state index contributed by atoms with van der Waals surface area (Å²) in [5.41, 5.74) is 0. The Labute approximate surface area is 104 Å². The van der Waals surface area contributed by atoms with E-state index in [2.05, 4.69) is 12.2 Å². The van der Waals surface area contributed by atoms with Gasteiger partial charge in [0.15, 0.2) is 0 Å². The molecule has 0 fully saturated rings. The summed E-state index contributed by atoms with van der Waals surface area (Å²) < 4.78 is 0. The fourth-order valence-electron chi connectivity index (χ4n) is 1.65. The lowest BCUT2D eigenvalue weighted by molar-refractivity contribution is -0.147. The van der Waals surface area contributed by atoms with Crippen LogP contribution in [-0.4, -0.2) is 23.5 Å². The number of hydrogen-bond donors (Lipinski definition) is 2. The molecule has 0 aliphatic heterocycles. The molecule has 1 unspecified atom stereocenters. The molecule has 17 heavy (non-hydrogen) atoms. The van der Waals surface area contributed by atoms with Crippen molar-refractivity contribution in [2.75, 3.05) is 6.54 Å². The molecular formula is C13H25NO3. The second-order valence-corrected chi connectivity index (χ2v) is 4.38. The van der Waals surface area contributed by atoms with E-state index in [1.165, 1.54) is 0 Å². The molecule has 4 nitrogen and oxygen atoms in total. The minimum atomic E-state index is -1.00. The van der Waals surface area contributed by atoms with E-state index >= 15 is 0 Å². The molecule has 0 aromatic rings. The zero-order chi connectivity index (χ0) is 13.1. The van der Waals surface area contributed by atoms with Crippen LogP contribution in [-0.2, 0) is 9.59 Å². The number of hydrogen-bond acceptors (Lipinski definition) is 2. The third-order valence-electron chi connectivity index (χ3n) is 2.79. The zero-order valence-corrected chi connectivity index (χ0v) is 11.0. The Balaban J connectivity index is 3.95. The summed E-state index contributed by atoms with van der Waals surface area (Å²) in [6.45, 7) is 4.71. The quantitative estimate of drug-likeness (QED) is 0.458. The minimum Gasteiger partial charge on any atom is -0.481 e. The summed E-state index contributed by atoms with van der Waals surface area (Å²) in [6, 6.07) is 0. The maximum absolute atomic E-state index is 11.6. The average molecular weight is 243 g/mol. The summed E-state index contributed by atoms with van der Waals surface area (Å²) in [4.78, 5) is 22.6. The van der Waals surface area contributed by atoms with Gasteiger partial charge in [-0.05, 0) is 12.8 Å². The summed E-state index contributed by atoms with van der Waals surface area (Å²) in [6.07, 6.45) is 6.37. The van der Waals surface area contributed by atoms with Crippen molar-refractivity contribution < 1.29 is 14.7 Å². The van der Waals surface area contributed by atoms with Crippen LogP contribution in [0.1, 0.15) is 58.8 Å². The summed E-state index contributed by atoms with van der Waals surface area (Å²) in [7, 11) is 0. The molecule has 0 heterocycles. The number of amides is 1. The van der Waals surface area contributed by atoms with Gasteiger partial charge in [0.25, 0.3) is 0 Å². The Kier molecular flexibility index (Phi) is 9.49. The van der Waals surface area contributed by atoms with Crippen molar-refractivity contribution in [1.82, 2.24) is 5.32 Å². The number of nitrogens with one attached hydrogen (secondary N) is 1. The molecule has 0 spiro atoms. The van der Waals surface area contributed by atoms with Crippen LogP contribution in [0.3, 0.4) is 0 Å². The van der Waals surface area contributed by atoms with Crippen LogP contribution in [0, 0.1) is 5.92 Å². The van der Waals surface area contributed by atoms with Crippen LogP contribution in [0.15, 0.2) is 0 Å². The van der Waals surface area contributed by atoms with Gasteiger partial charge in [-0.25, -0.2) is 0 Å². The SMILES string of the molecule is CCCCCCC(C(=O)O)C(=O)NCCCC. The predicted molar refractivity (Wildman–Crippen MR) is 67.8 cm³/mol. The van der Waals surface area contributed by atoms with Crippen LogP contribution in [0.5, 0.6) is 0 Å². The molecule has 1 atom stereocenters. The average Bonchev–Trinajstić information content (AvgIpc) is 2.28. The van der Waals surface area contributed by atoms with E-state index in [1.54, 1.807) is 0 Å². The number of rotatable bonds is 10. The van der Waals surface area contributed by atoms with Gasteiger partial charge >= 0.3 is 5.97 Å². The van der Waals surface area contributed by atoms with Crippen molar-refractivity contribution in [3.63, 3.8) is 0 Å². The van der Waals surface area contributed by atoms with E-state index in [4.69, 9.17) is 5.11 Å². The van der Waals surface area contributed by atoms with Crippen molar-refractivity contribution in [1.29, 1.82) is 0 Å². The van der Waals surface area contributed by atoms with Gasteiger partial charge in [-0.3, -0.25) is 9.59 Å². The maximum atomic E-state index is 11.6. The summed E-state index contributed by atoms with van der Waals surface area (Å²) >= 11 is 0. The number of aliphatic carboxylic acids is 1. The fourth-order valence-corrected chi connectivity index (χ4v) is 1.65. The highest BCUT2D eigenvalue weighted by Crippen LogP contribution is 2.11. The number of carboxylic acids is 1. The van der Waals surface area contributed by atoms with Crippen LogP contribution >= 0.6 is 0 Å². The molecule has 1 amide bonds. The van der Waals surface area contributed by atoms with Gasteiger partial charge in [-0.15, -0.1) is 0 Å². The number of carboxylic acid groups (broad SMARTS) is 1. The van der Waals surface area contributed by atoms with Gasteiger partial charge in [0, 0.05) is 6.54 Å². The van der Waals surface area contributed by atoms with E-state index in [-0.39, 0.29) is 5.91 Å². The van der Waals surface area contributed by atoms with Crippen molar-refractivity contribution in [2.45, 2.75) is 58.8 Å². The Hall–Kier alpha value is -1.06. The molecular weight excluding hydrogens is 218 g/mol. The Morgan fingerprint density at radius 2 is 1.71 bits per heavy atom. The van der Waals surface area contributed by atoms with Crippen molar-refractivity contribution in [2.24, 2.45) is 5.92 Å². The smallest absolute Gasteiger partial charge is 0.316 e. The molecule has 0 bridgehead atoms. The Morgan fingerprint density at radius 1 is 1.06 bits per heavy atom. The first-order valence-electron chi connectivity index (χ1n) is 6.64. The van der Waals surface area contributed by atoms with Crippen molar-refractivity contribution in [3.8, 4) is 0 Å². The van der Waals surface area contributed by atoms with Crippen molar-refractivity contribution >= 4 is 11.9 Å². The molecule has 0 aromatic heterocycles. The molecule has 4 heteroatoms. The first kappa shape index (κ1) is 15.9. The lowest BCUT2D eigenvalue weighted by Crippen LogP contribution is -2.35. The van der Waals surface area contributed by atoms with E-state index < -0.39 is 11.9 Å². The second-order valence-electron chi connectivity index (χ2n) is 4.38. The highest BCUT2D eigenvalue weighted by atomic mass is 16.4. The third kappa shape index (κ3) is 7.77. The standard InChI is InChI=1S/C13H25NO3/c1-3-5-7-8-9-11(13(16)17)12(15)14-10-6-4-2/h11H,3-10H2,1-2H3,(H,14,15)(H,16,17). The predicted octanol–water partition coefficient (Wildman–Crippen LogP) is 2.57. The van der Waals surface area contributed by atoms with Gasteiger partial charge in [-0.1, -0.05) is 46.0 Å². The monoisotopic (exact) mass is 243 g/mol. The minimum absolute atomic E-state index is 0.331. The van der Waals surface area contributed by atoms with E-state index in [9.17, 15) is 9.59 Å².